The minimum absolute atomic E-state index is 0.0793. The summed E-state index contributed by atoms with van der Waals surface area (Å²) >= 11 is 0. The predicted molar refractivity (Wildman–Crippen MR) is 115 cm³/mol. The Morgan fingerprint density at radius 2 is 1.35 bits per heavy atom. The van der Waals surface area contributed by atoms with Crippen molar-refractivity contribution < 1.29 is 23.7 Å². The summed E-state index contributed by atoms with van der Waals surface area (Å²) in [5.74, 6) is 3.04. The quantitative estimate of drug-likeness (QED) is 0.735. The minimum Gasteiger partial charge on any atom is -0.454 e. The van der Waals surface area contributed by atoms with E-state index in [4.69, 9.17) is 18.9 Å². The SMILES string of the molecule is O=C(NC1CCCCC1)NC(Cc1ccc2c(c1)OCO2)Cc1ccc2c(c1)OCO2. The minimum atomic E-state index is -0.0987. The maximum Gasteiger partial charge on any atom is 0.315 e. The van der Waals surface area contributed by atoms with Crippen molar-refractivity contribution in [2.75, 3.05) is 13.6 Å². The summed E-state index contributed by atoms with van der Waals surface area (Å²) in [6.07, 6.45) is 7.11. The van der Waals surface area contributed by atoms with Gasteiger partial charge >= 0.3 is 6.03 Å². The Balaban J connectivity index is 1.29. The maximum atomic E-state index is 12.8. The van der Waals surface area contributed by atoms with E-state index in [1.807, 2.05) is 36.4 Å². The van der Waals surface area contributed by atoms with E-state index in [1.165, 1.54) is 19.3 Å². The molecule has 7 nitrogen and oxygen atoms in total. The van der Waals surface area contributed by atoms with Crippen molar-refractivity contribution in [1.29, 1.82) is 0 Å². The second kappa shape index (κ2) is 8.96. The zero-order valence-corrected chi connectivity index (χ0v) is 17.5. The number of benzene rings is 2. The molecule has 1 saturated carbocycles. The molecule has 2 N–H and O–H groups in total. The number of hydrogen-bond acceptors (Lipinski definition) is 5. The fourth-order valence-corrected chi connectivity index (χ4v) is 4.54. The molecule has 7 heteroatoms. The molecule has 0 spiro atoms. The molecule has 31 heavy (non-hydrogen) atoms. The largest absolute Gasteiger partial charge is 0.454 e. The van der Waals surface area contributed by atoms with E-state index >= 15 is 0 Å². The van der Waals surface area contributed by atoms with Crippen LogP contribution in [0.5, 0.6) is 23.0 Å². The van der Waals surface area contributed by atoms with Crippen molar-refractivity contribution in [2.45, 2.75) is 57.0 Å². The standard InChI is InChI=1S/C24H28N2O5/c27-24(25-18-4-2-1-3-5-18)26-19(10-16-6-8-20-22(12-16)30-14-28-20)11-17-7-9-21-23(13-17)31-15-29-21/h6-9,12-13,18-19H,1-5,10-11,14-15H2,(H2,25,26,27). The molecule has 1 fully saturated rings. The zero-order valence-electron chi connectivity index (χ0n) is 17.5. The maximum absolute atomic E-state index is 12.8. The molecule has 3 aliphatic rings. The van der Waals surface area contributed by atoms with Crippen molar-refractivity contribution in [2.24, 2.45) is 0 Å². The molecule has 0 saturated heterocycles. The summed E-state index contributed by atoms with van der Waals surface area (Å²) in [7, 11) is 0. The van der Waals surface area contributed by atoms with E-state index in [9.17, 15) is 4.79 Å². The normalized spacial score (nSPS) is 17.1. The molecular weight excluding hydrogens is 396 g/mol. The van der Waals surface area contributed by atoms with Gasteiger partial charge in [-0.1, -0.05) is 31.4 Å². The Labute approximate surface area is 182 Å². The van der Waals surface area contributed by atoms with Crippen LogP contribution in [0, 0.1) is 0 Å². The molecular formula is C24H28N2O5. The van der Waals surface area contributed by atoms with E-state index in [1.54, 1.807) is 0 Å². The Hall–Kier alpha value is -3.09. The van der Waals surface area contributed by atoms with Gasteiger partial charge in [-0.05, 0) is 61.1 Å². The van der Waals surface area contributed by atoms with E-state index < -0.39 is 0 Å². The highest BCUT2D eigenvalue weighted by molar-refractivity contribution is 5.74. The van der Waals surface area contributed by atoms with Crippen LogP contribution in [0.4, 0.5) is 4.79 Å². The molecule has 0 atom stereocenters. The Morgan fingerprint density at radius 1 is 0.806 bits per heavy atom. The number of carbonyl (C=O) groups is 1. The summed E-state index contributed by atoms with van der Waals surface area (Å²) in [5.41, 5.74) is 2.18. The average molecular weight is 424 g/mol. The van der Waals surface area contributed by atoms with Crippen molar-refractivity contribution in [3.05, 3.63) is 47.5 Å². The topological polar surface area (TPSA) is 78.1 Å². The third-order valence-corrected chi connectivity index (χ3v) is 6.11. The molecule has 2 aromatic carbocycles. The monoisotopic (exact) mass is 424 g/mol. The second-order valence-electron chi connectivity index (χ2n) is 8.43. The smallest absolute Gasteiger partial charge is 0.315 e. The van der Waals surface area contributed by atoms with Gasteiger partial charge in [0, 0.05) is 12.1 Å². The summed E-state index contributed by atoms with van der Waals surface area (Å²) in [6, 6.07) is 12.0. The van der Waals surface area contributed by atoms with Crippen LogP contribution in [0.1, 0.15) is 43.2 Å². The van der Waals surface area contributed by atoms with Gasteiger partial charge in [-0.2, -0.15) is 0 Å². The van der Waals surface area contributed by atoms with Crippen molar-refractivity contribution in [3.63, 3.8) is 0 Å². The van der Waals surface area contributed by atoms with Gasteiger partial charge in [0.1, 0.15) is 0 Å². The number of urea groups is 1. The number of carbonyl (C=O) groups excluding carboxylic acids is 1. The Morgan fingerprint density at radius 3 is 1.94 bits per heavy atom. The van der Waals surface area contributed by atoms with Gasteiger partial charge in [0.05, 0.1) is 0 Å². The van der Waals surface area contributed by atoms with Crippen LogP contribution in [-0.4, -0.2) is 31.7 Å². The lowest BCUT2D eigenvalue weighted by Gasteiger charge is -2.25. The van der Waals surface area contributed by atoms with Gasteiger partial charge in [-0.25, -0.2) is 4.79 Å². The molecule has 0 bridgehead atoms. The summed E-state index contributed by atoms with van der Waals surface area (Å²) in [5, 5.41) is 6.37. The van der Waals surface area contributed by atoms with Crippen LogP contribution in [0.2, 0.25) is 0 Å². The molecule has 2 aliphatic heterocycles. The first-order chi connectivity index (χ1) is 15.2. The third-order valence-electron chi connectivity index (χ3n) is 6.11. The van der Waals surface area contributed by atoms with Gasteiger partial charge in [-0.15, -0.1) is 0 Å². The molecule has 0 aromatic heterocycles. The van der Waals surface area contributed by atoms with Crippen LogP contribution in [0.25, 0.3) is 0 Å². The van der Waals surface area contributed by atoms with E-state index in [0.29, 0.717) is 12.8 Å². The average Bonchev–Trinajstić information content (AvgIpc) is 3.42. The molecule has 1 aliphatic carbocycles. The number of rotatable bonds is 6. The number of hydrogen-bond donors (Lipinski definition) is 2. The van der Waals surface area contributed by atoms with Crippen molar-refractivity contribution in [1.82, 2.24) is 10.6 Å². The van der Waals surface area contributed by atoms with Gasteiger partial charge in [0.2, 0.25) is 13.6 Å². The van der Waals surface area contributed by atoms with Crippen LogP contribution >= 0.6 is 0 Å². The van der Waals surface area contributed by atoms with E-state index in [-0.39, 0.29) is 31.7 Å². The van der Waals surface area contributed by atoms with Crippen LogP contribution in [0.3, 0.4) is 0 Å². The first kappa shape index (κ1) is 19.8. The molecule has 2 aromatic rings. The Kier molecular flexibility index (Phi) is 5.74. The van der Waals surface area contributed by atoms with Gasteiger partial charge < -0.3 is 29.6 Å². The second-order valence-corrected chi connectivity index (χ2v) is 8.43. The molecule has 5 rings (SSSR count). The summed E-state index contributed by atoms with van der Waals surface area (Å²) in [4.78, 5) is 12.8. The fraction of sp³-hybridized carbons (Fsp3) is 0.458. The highest BCUT2D eigenvalue weighted by Crippen LogP contribution is 2.34. The zero-order chi connectivity index (χ0) is 21.0. The van der Waals surface area contributed by atoms with Crippen molar-refractivity contribution >= 4 is 6.03 Å². The van der Waals surface area contributed by atoms with Crippen LogP contribution < -0.4 is 29.6 Å². The molecule has 2 heterocycles. The van der Waals surface area contributed by atoms with Gasteiger partial charge in [0.25, 0.3) is 0 Å². The van der Waals surface area contributed by atoms with Gasteiger partial charge in [0.15, 0.2) is 23.0 Å². The third kappa shape index (κ3) is 4.81. The first-order valence-electron chi connectivity index (χ1n) is 11.1. The van der Waals surface area contributed by atoms with Gasteiger partial charge in [-0.3, -0.25) is 0 Å². The number of amides is 2. The fourth-order valence-electron chi connectivity index (χ4n) is 4.54. The van der Waals surface area contributed by atoms with Crippen LogP contribution in [-0.2, 0) is 12.8 Å². The number of nitrogens with one attached hydrogen (secondary N) is 2. The molecule has 164 valence electrons. The lowest BCUT2D eigenvalue weighted by atomic mass is 9.95. The first-order valence-corrected chi connectivity index (χ1v) is 11.1. The van der Waals surface area contributed by atoms with E-state index in [2.05, 4.69) is 10.6 Å². The van der Waals surface area contributed by atoms with Crippen molar-refractivity contribution in [3.8, 4) is 23.0 Å². The van der Waals surface area contributed by atoms with Crippen LogP contribution in [0.15, 0.2) is 36.4 Å². The highest BCUT2D eigenvalue weighted by Gasteiger charge is 2.21. The molecule has 2 amide bonds. The highest BCUT2D eigenvalue weighted by atomic mass is 16.7. The lowest BCUT2D eigenvalue weighted by Crippen LogP contribution is -2.48. The van der Waals surface area contributed by atoms with E-state index in [0.717, 1.165) is 47.0 Å². The lowest BCUT2D eigenvalue weighted by molar-refractivity contribution is 0.173. The predicted octanol–water partition coefficient (Wildman–Crippen LogP) is 3.93. The number of ether oxygens (including phenoxy) is 4. The summed E-state index contributed by atoms with van der Waals surface area (Å²) < 4.78 is 21.9. The molecule has 0 radical (unpaired) electrons. The Bertz CT molecular complexity index is 882. The number of fused-ring (bicyclic) bond motifs is 2. The molecule has 0 unspecified atom stereocenters. The summed E-state index contributed by atoms with van der Waals surface area (Å²) in [6.45, 7) is 0.503.